The standard InChI is InChI=1S/C27H34BrN5O2/c1-20(2)27-31-30-25(35-27)11-12-26(34)33-16-15-32(18-21-7-4-3-5-8-21)14-6-13-29-24-10-9-23(28)17-22(24)19-33/h3-5,7-10,17,20,29H,6,11-16,18-19H2,1-2H3. The molecule has 4 rings (SSSR count). The van der Waals surface area contributed by atoms with Gasteiger partial charge in [-0.2, -0.15) is 0 Å². The van der Waals surface area contributed by atoms with E-state index in [0.29, 0.717) is 37.7 Å². The van der Waals surface area contributed by atoms with Crippen molar-refractivity contribution in [3.8, 4) is 0 Å². The third kappa shape index (κ3) is 7.39. The summed E-state index contributed by atoms with van der Waals surface area (Å²) >= 11 is 3.60. The van der Waals surface area contributed by atoms with Gasteiger partial charge in [-0.1, -0.05) is 60.1 Å². The SMILES string of the molecule is CC(C)c1nnc(CCC(=O)N2CCN(Cc3ccccc3)CCCNc3ccc(Br)cc3C2)o1. The maximum Gasteiger partial charge on any atom is 0.223 e. The first kappa shape index (κ1) is 25.4. The van der Waals surface area contributed by atoms with E-state index in [2.05, 4.69) is 72.7 Å². The molecule has 35 heavy (non-hydrogen) atoms. The molecule has 1 aliphatic heterocycles. The molecular weight excluding hydrogens is 506 g/mol. The quantitative estimate of drug-likeness (QED) is 0.462. The van der Waals surface area contributed by atoms with Gasteiger partial charge < -0.3 is 14.6 Å². The van der Waals surface area contributed by atoms with Gasteiger partial charge in [0.1, 0.15) is 0 Å². The van der Waals surface area contributed by atoms with Crippen molar-refractivity contribution in [3.05, 3.63) is 75.9 Å². The van der Waals surface area contributed by atoms with E-state index in [1.165, 1.54) is 5.56 Å². The fraction of sp³-hybridized carbons (Fsp3) is 0.444. The molecule has 7 nitrogen and oxygen atoms in total. The summed E-state index contributed by atoms with van der Waals surface area (Å²) in [6.45, 7) is 8.81. The first-order valence-electron chi connectivity index (χ1n) is 12.4. The van der Waals surface area contributed by atoms with E-state index < -0.39 is 0 Å². The summed E-state index contributed by atoms with van der Waals surface area (Å²) in [5, 5.41) is 11.8. The molecule has 186 valence electrons. The summed E-state index contributed by atoms with van der Waals surface area (Å²) in [5.41, 5.74) is 3.49. The number of halogens is 1. The molecule has 1 N–H and O–H groups in total. The number of carbonyl (C=O) groups is 1. The average Bonchev–Trinajstić information content (AvgIpc) is 3.32. The number of rotatable bonds is 6. The second-order valence-electron chi connectivity index (χ2n) is 9.35. The van der Waals surface area contributed by atoms with Crippen molar-refractivity contribution in [2.24, 2.45) is 0 Å². The second kappa shape index (κ2) is 12.3. The van der Waals surface area contributed by atoms with E-state index in [-0.39, 0.29) is 11.8 Å². The summed E-state index contributed by atoms with van der Waals surface area (Å²) in [6.07, 6.45) is 1.83. The molecule has 0 fully saturated rings. The highest BCUT2D eigenvalue weighted by Crippen LogP contribution is 2.24. The van der Waals surface area contributed by atoms with Crippen molar-refractivity contribution in [2.45, 2.75) is 52.1 Å². The molecule has 0 bridgehead atoms. The van der Waals surface area contributed by atoms with Crippen LogP contribution in [0.15, 0.2) is 57.4 Å². The van der Waals surface area contributed by atoms with Crippen LogP contribution in [0.4, 0.5) is 5.69 Å². The molecule has 1 amide bonds. The minimum absolute atomic E-state index is 0.0964. The van der Waals surface area contributed by atoms with Gasteiger partial charge in [0.25, 0.3) is 0 Å². The number of carbonyl (C=O) groups excluding carboxylic acids is 1. The van der Waals surface area contributed by atoms with Crippen LogP contribution in [0.1, 0.15) is 55.5 Å². The van der Waals surface area contributed by atoms with Gasteiger partial charge in [0.15, 0.2) is 0 Å². The monoisotopic (exact) mass is 539 g/mol. The molecule has 2 aromatic carbocycles. The minimum Gasteiger partial charge on any atom is -0.425 e. The fourth-order valence-electron chi connectivity index (χ4n) is 4.24. The molecule has 0 spiro atoms. The zero-order valence-electron chi connectivity index (χ0n) is 20.5. The number of amides is 1. The molecule has 3 aromatic rings. The zero-order valence-corrected chi connectivity index (χ0v) is 22.1. The van der Waals surface area contributed by atoms with Crippen LogP contribution in [0.5, 0.6) is 0 Å². The van der Waals surface area contributed by atoms with Gasteiger partial charge in [-0.15, -0.1) is 10.2 Å². The van der Waals surface area contributed by atoms with Crippen molar-refractivity contribution in [3.63, 3.8) is 0 Å². The summed E-state index contributed by atoms with van der Waals surface area (Å²) < 4.78 is 6.73. The van der Waals surface area contributed by atoms with Crippen LogP contribution in [-0.4, -0.2) is 52.1 Å². The maximum atomic E-state index is 13.4. The Balaban J connectivity index is 1.49. The molecule has 2 heterocycles. The lowest BCUT2D eigenvalue weighted by Gasteiger charge is -2.28. The fourth-order valence-corrected chi connectivity index (χ4v) is 4.64. The van der Waals surface area contributed by atoms with E-state index in [1.807, 2.05) is 30.9 Å². The number of hydrogen-bond donors (Lipinski definition) is 1. The number of anilines is 1. The highest BCUT2D eigenvalue weighted by atomic mass is 79.9. The molecule has 1 aliphatic rings. The Kier molecular flexibility index (Phi) is 8.93. The Labute approximate surface area is 216 Å². The molecular formula is C27H34BrN5O2. The van der Waals surface area contributed by atoms with Gasteiger partial charge in [0, 0.05) is 68.2 Å². The second-order valence-corrected chi connectivity index (χ2v) is 10.3. The minimum atomic E-state index is 0.0964. The lowest BCUT2D eigenvalue weighted by molar-refractivity contribution is -0.132. The number of fused-ring (bicyclic) bond motifs is 1. The van der Waals surface area contributed by atoms with E-state index >= 15 is 0 Å². The van der Waals surface area contributed by atoms with Crippen molar-refractivity contribution >= 4 is 27.5 Å². The highest BCUT2D eigenvalue weighted by molar-refractivity contribution is 9.10. The zero-order chi connectivity index (χ0) is 24.6. The maximum absolute atomic E-state index is 13.4. The molecule has 0 atom stereocenters. The number of aryl methyl sites for hydroxylation is 1. The Morgan fingerprint density at radius 2 is 1.94 bits per heavy atom. The molecule has 1 aromatic heterocycles. The van der Waals surface area contributed by atoms with Gasteiger partial charge in [-0.25, -0.2) is 0 Å². The average molecular weight is 541 g/mol. The van der Waals surface area contributed by atoms with Crippen molar-refractivity contribution in [1.82, 2.24) is 20.0 Å². The van der Waals surface area contributed by atoms with Crippen LogP contribution in [0.2, 0.25) is 0 Å². The number of nitrogens with one attached hydrogen (secondary N) is 1. The van der Waals surface area contributed by atoms with Crippen molar-refractivity contribution < 1.29 is 9.21 Å². The Bertz CT molecular complexity index is 1100. The van der Waals surface area contributed by atoms with E-state index in [0.717, 1.165) is 48.3 Å². The van der Waals surface area contributed by atoms with Gasteiger partial charge >= 0.3 is 0 Å². The number of hydrogen-bond acceptors (Lipinski definition) is 6. The summed E-state index contributed by atoms with van der Waals surface area (Å²) in [5.74, 6) is 1.41. The van der Waals surface area contributed by atoms with Crippen LogP contribution in [-0.2, 0) is 24.3 Å². The van der Waals surface area contributed by atoms with Crippen LogP contribution in [0, 0.1) is 0 Å². The van der Waals surface area contributed by atoms with Gasteiger partial charge in [-0.3, -0.25) is 9.69 Å². The molecule has 8 heteroatoms. The predicted molar refractivity (Wildman–Crippen MR) is 141 cm³/mol. The first-order valence-corrected chi connectivity index (χ1v) is 13.2. The topological polar surface area (TPSA) is 74.5 Å². The van der Waals surface area contributed by atoms with E-state index in [1.54, 1.807) is 0 Å². The summed E-state index contributed by atoms with van der Waals surface area (Å²) in [4.78, 5) is 17.8. The van der Waals surface area contributed by atoms with Crippen LogP contribution in [0.25, 0.3) is 0 Å². The van der Waals surface area contributed by atoms with Crippen molar-refractivity contribution in [2.75, 3.05) is 31.5 Å². The summed E-state index contributed by atoms with van der Waals surface area (Å²) in [7, 11) is 0. The van der Waals surface area contributed by atoms with Crippen LogP contribution in [0.3, 0.4) is 0 Å². The first-order chi connectivity index (χ1) is 17.0. The van der Waals surface area contributed by atoms with Crippen molar-refractivity contribution in [1.29, 1.82) is 0 Å². The van der Waals surface area contributed by atoms with Gasteiger partial charge in [0.05, 0.1) is 0 Å². The third-order valence-electron chi connectivity index (χ3n) is 6.21. The molecule has 0 aliphatic carbocycles. The molecule has 0 saturated heterocycles. The number of benzene rings is 2. The lowest BCUT2D eigenvalue weighted by atomic mass is 10.1. The Morgan fingerprint density at radius 1 is 1.11 bits per heavy atom. The molecule has 0 radical (unpaired) electrons. The lowest BCUT2D eigenvalue weighted by Crippen LogP contribution is -2.38. The molecule has 0 saturated carbocycles. The van der Waals surface area contributed by atoms with E-state index in [4.69, 9.17) is 4.42 Å². The van der Waals surface area contributed by atoms with E-state index in [9.17, 15) is 4.79 Å². The predicted octanol–water partition coefficient (Wildman–Crippen LogP) is 5.23. The summed E-state index contributed by atoms with van der Waals surface area (Å²) in [6, 6.07) is 16.8. The number of nitrogens with zero attached hydrogens (tertiary/aromatic N) is 4. The highest BCUT2D eigenvalue weighted by Gasteiger charge is 2.20. The largest absolute Gasteiger partial charge is 0.425 e. The smallest absolute Gasteiger partial charge is 0.223 e. The van der Waals surface area contributed by atoms with Crippen LogP contribution >= 0.6 is 15.9 Å². The van der Waals surface area contributed by atoms with Gasteiger partial charge in [-0.05, 0) is 35.7 Å². The van der Waals surface area contributed by atoms with Gasteiger partial charge in [0.2, 0.25) is 17.7 Å². The third-order valence-corrected chi connectivity index (χ3v) is 6.71. The normalized spacial score (nSPS) is 15.4. The Hall–Kier alpha value is -2.71. The van der Waals surface area contributed by atoms with Crippen LogP contribution < -0.4 is 5.32 Å². The number of aromatic nitrogens is 2. The molecule has 0 unspecified atom stereocenters. The Morgan fingerprint density at radius 3 is 2.71 bits per heavy atom.